The summed E-state index contributed by atoms with van der Waals surface area (Å²) < 4.78 is 0. The van der Waals surface area contributed by atoms with Crippen LogP contribution < -0.4 is 0 Å². The first-order valence-electron chi connectivity index (χ1n) is 10.2. The van der Waals surface area contributed by atoms with E-state index >= 15 is 0 Å². The Morgan fingerprint density at radius 1 is 1.26 bits per heavy atom. The minimum absolute atomic E-state index is 0.0740. The molecule has 5 heteroatoms. The molecule has 0 bridgehead atoms. The third-order valence-corrected chi connectivity index (χ3v) is 8.72. The molecule has 4 aliphatic carbocycles. The largest absolute Gasteiger partial charge is 0.388 e. The minimum Gasteiger partial charge on any atom is -0.388 e. The summed E-state index contributed by atoms with van der Waals surface area (Å²) in [5.74, 6) is -0.283. The monoisotopic (exact) mass is 374 g/mol. The van der Waals surface area contributed by atoms with Crippen molar-refractivity contribution in [2.24, 2.45) is 34.5 Å². The molecule has 2 N–H and O–H groups in total. The maximum Gasteiger partial charge on any atom is 0.190 e. The van der Waals surface area contributed by atoms with E-state index in [0.717, 1.165) is 18.4 Å². The van der Waals surface area contributed by atoms with E-state index in [1.54, 1.807) is 6.08 Å². The third kappa shape index (κ3) is 2.27. The molecule has 0 aromatic heterocycles. The summed E-state index contributed by atoms with van der Waals surface area (Å²) in [4.78, 5) is 38.0. The third-order valence-electron chi connectivity index (χ3n) is 8.72. The van der Waals surface area contributed by atoms with Crippen LogP contribution in [0.5, 0.6) is 0 Å². The summed E-state index contributed by atoms with van der Waals surface area (Å²) in [7, 11) is 0. The van der Waals surface area contributed by atoms with Crippen molar-refractivity contribution in [3.05, 3.63) is 11.6 Å². The number of fused-ring (bicyclic) bond motifs is 5. The van der Waals surface area contributed by atoms with E-state index in [1.165, 1.54) is 0 Å². The number of rotatable bonds is 2. The van der Waals surface area contributed by atoms with E-state index in [1.807, 2.05) is 13.8 Å². The van der Waals surface area contributed by atoms with Crippen LogP contribution in [0.1, 0.15) is 59.3 Å². The molecule has 0 saturated heterocycles. The van der Waals surface area contributed by atoms with Crippen LogP contribution in [0, 0.1) is 34.5 Å². The number of aliphatic hydroxyl groups is 2. The Balaban J connectivity index is 1.75. The molecule has 0 heterocycles. The van der Waals surface area contributed by atoms with Crippen LogP contribution in [0.15, 0.2) is 11.6 Å². The van der Waals surface area contributed by atoms with Crippen LogP contribution in [0.25, 0.3) is 0 Å². The van der Waals surface area contributed by atoms with Gasteiger partial charge in [0.25, 0.3) is 0 Å². The fourth-order valence-electron chi connectivity index (χ4n) is 7.32. The van der Waals surface area contributed by atoms with Crippen molar-refractivity contribution < 1.29 is 24.6 Å². The molecule has 4 rings (SSSR count). The second-order valence-corrected chi connectivity index (χ2v) is 9.92. The fourth-order valence-corrected chi connectivity index (χ4v) is 7.32. The predicted octanol–water partition coefficient (Wildman–Crippen LogP) is 2.24. The van der Waals surface area contributed by atoms with Crippen LogP contribution in [-0.2, 0) is 14.4 Å². The standard InChI is InChI=1S/C22H30O5/c1-12-9-20(2)13(8-16(12)24)4-5-14-15-6-7-22(27,18(26)11-23)21(15,3)10-17(25)19(14)20/h8,12,14-15,19,23,27H,4-7,9-11H2,1-3H3/t12-,14?,15?,19?,20?,21?,22+/m1/s1. The number of carbonyl (C=O) groups is 3. The SMILES string of the molecule is C[C@@H]1CC2(C)C(=CC1=O)CCC1C2C(=O)CC2(C)C1CC[C@]2(O)C(=O)CO. The highest BCUT2D eigenvalue weighted by Gasteiger charge is 2.68. The van der Waals surface area contributed by atoms with Crippen molar-refractivity contribution in [1.29, 1.82) is 0 Å². The molecule has 4 aliphatic rings. The van der Waals surface area contributed by atoms with Gasteiger partial charge >= 0.3 is 0 Å². The molecule has 7 atom stereocenters. The van der Waals surface area contributed by atoms with Crippen LogP contribution in [-0.4, -0.2) is 39.8 Å². The summed E-state index contributed by atoms with van der Waals surface area (Å²) >= 11 is 0. The van der Waals surface area contributed by atoms with Crippen LogP contribution in [0.2, 0.25) is 0 Å². The highest BCUT2D eigenvalue weighted by molar-refractivity contribution is 5.95. The second kappa shape index (κ2) is 5.84. The van der Waals surface area contributed by atoms with Crippen molar-refractivity contribution in [2.45, 2.75) is 64.9 Å². The molecule has 27 heavy (non-hydrogen) atoms. The van der Waals surface area contributed by atoms with Crippen molar-refractivity contribution >= 4 is 17.3 Å². The summed E-state index contributed by atoms with van der Waals surface area (Å²) in [6, 6.07) is 0. The van der Waals surface area contributed by atoms with Gasteiger partial charge in [0, 0.05) is 23.7 Å². The van der Waals surface area contributed by atoms with E-state index in [4.69, 9.17) is 0 Å². The van der Waals surface area contributed by atoms with Gasteiger partial charge < -0.3 is 10.2 Å². The number of allylic oxidation sites excluding steroid dienone is 1. The summed E-state index contributed by atoms with van der Waals surface area (Å²) in [6.45, 7) is 5.26. The lowest BCUT2D eigenvalue weighted by Gasteiger charge is -2.58. The van der Waals surface area contributed by atoms with Gasteiger partial charge in [-0.3, -0.25) is 14.4 Å². The Hall–Kier alpha value is -1.33. The molecule has 0 radical (unpaired) electrons. The second-order valence-electron chi connectivity index (χ2n) is 9.92. The first kappa shape index (κ1) is 19.0. The molecule has 0 amide bonds. The zero-order chi connectivity index (χ0) is 19.8. The average molecular weight is 374 g/mol. The molecule has 5 nitrogen and oxygen atoms in total. The quantitative estimate of drug-likeness (QED) is 0.773. The Morgan fingerprint density at radius 3 is 2.63 bits per heavy atom. The molecular weight excluding hydrogens is 344 g/mol. The number of hydrogen-bond acceptors (Lipinski definition) is 5. The molecule has 0 aliphatic heterocycles. The highest BCUT2D eigenvalue weighted by atomic mass is 16.3. The van der Waals surface area contributed by atoms with Crippen molar-refractivity contribution in [2.75, 3.05) is 6.61 Å². The lowest BCUT2D eigenvalue weighted by Crippen LogP contribution is -2.61. The maximum atomic E-state index is 13.4. The van der Waals surface area contributed by atoms with E-state index in [9.17, 15) is 24.6 Å². The molecule has 0 spiro atoms. The van der Waals surface area contributed by atoms with Gasteiger partial charge in [0.2, 0.25) is 0 Å². The van der Waals surface area contributed by atoms with Crippen LogP contribution in [0.4, 0.5) is 0 Å². The van der Waals surface area contributed by atoms with Gasteiger partial charge in [0.05, 0.1) is 0 Å². The average Bonchev–Trinajstić information content (AvgIpc) is 2.87. The van der Waals surface area contributed by atoms with E-state index in [-0.39, 0.29) is 47.1 Å². The van der Waals surface area contributed by atoms with E-state index in [2.05, 4.69) is 6.92 Å². The topological polar surface area (TPSA) is 91.7 Å². The van der Waals surface area contributed by atoms with Gasteiger partial charge in [-0.05, 0) is 55.4 Å². The molecule has 0 aromatic rings. The van der Waals surface area contributed by atoms with Gasteiger partial charge in [-0.15, -0.1) is 0 Å². The maximum absolute atomic E-state index is 13.4. The van der Waals surface area contributed by atoms with E-state index < -0.39 is 23.4 Å². The van der Waals surface area contributed by atoms with E-state index in [0.29, 0.717) is 19.3 Å². The lowest BCUT2D eigenvalue weighted by molar-refractivity contribution is -0.170. The van der Waals surface area contributed by atoms with Crippen LogP contribution >= 0.6 is 0 Å². The van der Waals surface area contributed by atoms with Gasteiger partial charge in [-0.25, -0.2) is 0 Å². The molecular formula is C22H30O5. The zero-order valence-corrected chi connectivity index (χ0v) is 16.5. The zero-order valence-electron chi connectivity index (χ0n) is 16.5. The number of ketones is 3. The molecule has 148 valence electrons. The summed E-state index contributed by atoms with van der Waals surface area (Å²) in [5, 5.41) is 20.6. The normalized spacial score (nSPS) is 49.1. The van der Waals surface area contributed by atoms with Gasteiger partial charge in [-0.2, -0.15) is 0 Å². The molecule has 3 saturated carbocycles. The first-order chi connectivity index (χ1) is 12.6. The Morgan fingerprint density at radius 2 is 1.96 bits per heavy atom. The minimum atomic E-state index is -1.61. The molecule has 5 unspecified atom stereocenters. The smallest absolute Gasteiger partial charge is 0.190 e. The summed E-state index contributed by atoms with van der Waals surface area (Å²) in [5.41, 5.74) is -1.60. The van der Waals surface area contributed by atoms with Crippen molar-refractivity contribution in [3.8, 4) is 0 Å². The van der Waals surface area contributed by atoms with Crippen molar-refractivity contribution in [3.63, 3.8) is 0 Å². The van der Waals surface area contributed by atoms with Crippen molar-refractivity contribution in [1.82, 2.24) is 0 Å². The number of hydrogen-bond donors (Lipinski definition) is 2. The van der Waals surface area contributed by atoms with Gasteiger partial charge in [0.15, 0.2) is 11.6 Å². The Bertz CT molecular complexity index is 754. The molecule has 3 fully saturated rings. The summed E-state index contributed by atoms with van der Waals surface area (Å²) in [6.07, 6.45) is 5.31. The fraction of sp³-hybridized carbons (Fsp3) is 0.773. The predicted molar refractivity (Wildman–Crippen MR) is 98.7 cm³/mol. The highest BCUT2D eigenvalue weighted by Crippen LogP contribution is 2.66. The Kier molecular flexibility index (Phi) is 4.11. The Labute approximate surface area is 160 Å². The lowest BCUT2D eigenvalue weighted by atomic mass is 9.45. The van der Waals surface area contributed by atoms with Crippen LogP contribution in [0.3, 0.4) is 0 Å². The first-order valence-corrected chi connectivity index (χ1v) is 10.2. The number of Topliss-reactive ketones (excluding diaryl/α,β-unsaturated/α-hetero) is 2. The number of aliphatic hydroxyl groups excluding tert-OH is 1. The molecule has 0 aromatic carbocycles. The van der Waals surface area contributed by atoms with Gasteiger partial charge in [0.1, 0.15) is 18.0 Å². The number of carbonyl (C=O) groups excluding carboxylic acids is 3. The van der Waals surface area contributed by atoms with Gasteiger partial charge in [-0.1, -0.05) is 26.3 Å².